The van der Waals surface area contributed by atoms with Gasteiger partial charge in [0.25, 0.3) is 0 Å². The molecule has 3 aromatic heterocycles. The second-order valence-electron chi connectivity index (χ2n) is 11.2. The number of aromatic nitrogens is 2. The molecule has 3 aromatic carbocycles. The van der Waals surface area contributed by atoms with E-state index in [0.29, 0.717) is 34.2 Å². The molecule has 1 aliphatic rings. The minimum atomic E-state index is -3.61. The van der Waals surface area contributed by atoms with Crippen LogP contribution in [0.2, 0.25) is 0 Å². The standard InChI is InChI=1S/C38H40N4O4S/c43-37-14-10-28-8-12-30(26-33(28)39-37)45-23-3-4-24-46-38-15-11-29-9-13-31(27-34(29)40-38)44-22-2-1-17-41-18-20-42(21-19-41)35-6-5-7-36-32(35)16-25-47-36/h5-16,25-27H,1-4,17-24H2,(H,39,43)/i3D2,4D2,23D2,24D2. The van der Waals surface area contributed by atoms with E-state index in [2.05, 4.69) is 49.4 Å². The molecule has 0 aliphatic carbocycles. The number of hydrogen-bond donors (Lipinski definition) is 1. The molecule has 7 rings (SSSR count). The SMILES string of the molecule is [2H]C([2H])(Oc1ccc2ccc(=O)[nH]c2c1)C([2H])([2H])C([2H])([2H])C([2H])([2H])Oc1ccc2ccc(OCCCCN3CCN(c4cccc5sccc45)CC3)cc2n1. The number of nitrogens with one attached hydrogen (secondary N) is 1. The first-order chi connectivity index (χ1) is 26.1. The first kappa shape index (κ1) is 22.8. The maximum absolute atomic E-state index is 11.7. The fraction of sp³-hybridized carbons (Fsp3) is 0.316. The van der Waals surface area contributed by atoms with E-state index in [4.69, 9.17) is 25.2 Å². The Bertz CT molecular complexity index is 2360. The smallest absolute Gasteiger partial charge is 0.248 e. The molecule has 9 heteroatoms. The van der Waals surface area contributed by atoms with E-state index < -0.39 is 31.4 Å². The van der Waals surface area contributed by atoms with Crippen LogP contribution in [-0.4, -0.2) is 67.3 Å². The van der Waals surface area contributed by atoms with Gasteiger partial charge in [0.05, 0.1) is 36.2 Å². The van der Waals surface area contributed by atoms with Gasteiger partial charge in [-0.25, -0.2) is 4.98 Å². The highest BCUT2D eigenvalue weighted by atomic mass is 32.1. The van der Waals surface area contributed by atoms with Gasteiger partial charge in [-0.05, 0) is 97.5 Å². The lowest BCUT2D eigenvalue weighted by Crippen LogP contribution is -2.46. The zero-order chi connectivity index (χ0) is 39.0. The van der Waals surface area contributed by atoms with Crippen LogP contribution >= 0.6 is 11.3 Å². The molecule has 8 nitrogen and oxygen atoms in total. The van der Waals surface area contributed by atoms with Crippen LogP contribution in [0.1, 0.15) is 36.6 Å². The summed E-state index contributed by atoms with van der Waals surface area (Å²) in [5.41, 5.74) is 1.58. The molecule has 6 aromatic rings. The zero-order valence-corrected chi connectivity index (χ0v) is 26.5. The molecule has 0 bridgehead atoms. The Balaban J connectivity index is 0.927. The van der Waals surface area contributed by atoms with Gasteiger partial charge in [-0.15, -0.1) is 11.3 Å². The average Bonchev–Trinajstić information content (AvgIpc) is 3.64. The second kappa shape index (κ2) is 14.9. The number of anilines is 1. The average molecular weight is 657 g/mol. The Morgan fingerprint density at radius 2 is 1.60 bits per heavy atom. The summed E-state index contributed by atoms with van der Waals surface area (Å²) in [5, 5.41) is 4.76. The van der Waals surface area contributed by atoms with Gasteiger partial charge < -0.3 is 24.1 Å². The number of piperazine rings is 1. The van der Waals surface area contributed by atoms with Crippen molar-refractivity contribution < 1.29 is 25.2 Å². The van der Waals surface area contributed by atoms with Crippen LogP contribution in [0, 0.1) is 0 Å². The Morgan fingerprint density at radius 1 is 0.809 bits per heavy atom. The molecule has 4 heterocycles. The van der Waals surface area contributed by atoms with Crippen LogP contribution in [0.5, 0.6) is 17.4 Å². The van der Waals surface area contributed by atoms with E-state index in [1.807, 2.05) is 0 Å². The van der Waals surface area contributed by atoms with Crippen molar-refractivity contribution in [1.29, 1.82) is 0 Å². The molecule has 0 spiro atoms. The van der Waals surface area contributed by atoms with Gasteiger partial charge in [0.2, 0.25) is 11.4 Å². The van der Waals surface area contributed by atoms with Gasteiger partial charge in [0.1, 0.15) is 11.5 Å². The monoisotopic (exact) mass is 656 g/mol. The normalized spacial score (nSPS) is 17.6. The maximum atomic E-state index is 11.7. The highest BCUT2D eigenvalue weighted by Crippen LogP contribution is 2.31. The third-order valence-corrected chi connectivity index (χ3v) is 9.03. The van der Waals surface area contributed by atoms with E-state index in [0.717, 1.165) is 45.6 Å². The zero-order valence-electron chi connectivity index (χ0n) is 33.7. The minimum absolute atomic E-state index is 0.202. The molecule has 1 fully saturated rings. The number of H-pyrrole nitrogens is 1. The molecule has 0 atom stereocenters. The van der Waals surface area contributed by atoms with Gasteiger partial charge in [0.15, 0.2) is 0 Å². The fourth-order valence-electron chi connectivity index (χ4n) is 5.72. The minimum Gasteiger partial charge on any atom is -0.494 e. The molecular formula is C38H40N4O4S. The summed E-state index contributed by atoms with van der Waals surface area (Å²) in [6.45, 7) is -1.37. The van der Waals surface area contributed by atoms with Crippen molar-refractivity contribution in [2.75, 3.05) is 57.3 Å². The van der Waals surface area contributed by atoms with Crippen molar-refractivity contribution in [3.8, 4) is 17.4 Å². The van der Waals surface area contributed by atoms with Crippen LogP contribution in [0.4, 0.5) is 5.69 Å². The number of rotatable bonds is 14. The van der Waals surface area contributed by atoms with Crippen molar-refractivity contribution in [2.24, 2.45) is 0 Å². The number of ether oxygens (including phenoxy) is 3. The number of hydrogen-bond acceptors (Lipinski definition) is 8. The van der Waals surface area contributed by atoms with E-state index in [9.17, 15) is 4.79 Å². The molecule has 242 valence electrons. The van der Waals surface area contributed by atoms with Gasteiger partial charge in [-0.2, -0.15) is 0 Å². The summed E-state index contributed by atoms with van der Waals surface area (Å²) in [7, 11) is 0. The highest BCUT2D eigenvalue weighted by Gasteiger charge is 2.18. The van der Waals surface area contributed by atoms with Crippen molar-refractivity contribution in [3.63, 3.8) is 0 Å². The van der Waals surface area contributed by atoms with Crippen molar-refractivity contribution in [3.05, 3.63) is 101 Å². The van der Waals surface area contributed by atoms with Crippen molar-refractivity contribution >= 4 is 48.9 Å². The summed E-state index contributed by atoms with van der Waals surface area (Å²) in [4.78, 5) is 23.6. The molecule has 0 unspecified atom stereocenters. The number of benzene rings is 3. The van der Waals surface area contributed by atoms with Crippen molar-refractivity contribution in [2.45, 2.75) is 25.6 Å². The topological polar surface area (TPSA) is 79.9 Å². The lowest BCUT2D eigenvalue weighted by Gasteiger charge is -2.36. The second-order valence-corrected chi connectivity index (χ2v) is 12.2. The predicted octanol–water partition coefficient (Wildman–Crippen LogP) is 7.51. The summed E-state index contributed by atoms with van der Waals surface area (Å²) in [5.74, 6) is 0.0136. The van der Waals surface area contributed by atoms with Crippen LogP contribution in [0.25, 0.3) is 31.9 Å². The van der Waals surface area contributed by atoms with Crippen LogP contribution in [0.15, 0.2) is 95.1 Å². The number of pyridine rings is 2. The van der Waals surface area contributed by atoms with E-state index in [-0.39, 0.29) is 11.6 Å². The molecular weight excluding hydrogens is 609 g/mol. The fourth-order valence-corrected chi connectivity index (χ4v) is 6.53. The molecule has 1 N–H and O–H groups in total. The molecule has 0 radical (unpaired) electrons. The van der Waals surface area contributed by atoms with Gasteiger partial charge in [-0.1, -0.05) is 6.07 Å². The van der Waals surface area contributed by atoms with Crippen molar-refractivity contribution in [1.82, 2.24) is 14.9 Å². The van der Waals surface area contributed by atoms with Crippen LogP contribution in [0.3, 0.4) is 0 Å². The highest BCUT2D eigenvalue weighted by molar-refractivity contribution is 7.17. The third-order valence-electron chi connectivity index (χ3n) is 8.15. The Hall–Kier alpha value is -4.60. The van der Waals surface area contributed by atoms with Gasteiger partial charge in [-0.3, -0.25) is 9.69 Å². The number of thiophene rings is 1. The van der Waals surface area contributed by atoms with Gasteiger partial charge in [0, 0.05) is 77.1 Å². The summed E-state index contributed by atoms with van der Waals surface area (Å²) in [6.07, 6.45) is -5.39. The Kier molecular flexibility index (Phi) is 7.23. The van der Waals surface area contributed by atoms with E-state index in [1.54, 1.807) is 41.7 Å². The number of fused-ring (bicyclic) bond motifs is 3. The predicted molar refractivity (Wildman–Crippen MR) is 192 cm³/mol. The molecule has 1 saturated heterocycles. The van der Waals surface area contributed by atoms with E-state index in [1.165, 1.54) is 46.1 Å². The van der Waals surface area contributed by atoms with Crippen LogP contribution in [-0.2, 0) is 0 Å². The first-order valence-corrected chi connectivity index (χ1v) is 16.5. The molecule has 0 saturated carbocycles. The summed E-state index contributed by atoms with van der Waals surface area (Å²) >= 11 is 1.77. The maximum Gasteiger partial charge on any atom is 0.248 e. The lowest BCUT2D eigenvalue weighted by molar-refractivity contribution is 0.239. The molecule has 1 aliphatic heterocycles. The van der Waals surface area contributed by atoms with Gasteiger partial charge >= 0.3 is 0 Å². The number of aromatic amines is 1. The lowest BCUT2D eigenvalue weighted by atomic mass is 10.2. The van der Waals surface area contributed by atoms with E-state index >= 15 is 0 Å². The molecule has 47 heavy (non-hydrogen) atoms. The quantitative estimate of drug-likeness (QED) is 0.122. The first-order valence-electron chi connectivity index (χ1n) is 19.6. The summed E-state index contributed by atoms with van der Waals surface area (Å²) in [6, 6.07) is 23.9. The number of unbranched alkanes of at least 4 members (excludes halogenated alkanes) is 1. The summed E-state index contributed by atoms with van der Waals surface area (Å²) < 4.78 is 85.3. The van der Waals surface area contributed by atoms with Crippen LogP contribution < -0.4 is 24.7 Å². The third kappa shape index (κ3) is 7.86. The largest absolute Gasteiger partial charge is 0.494 e. The Labute approximate surface area is 289 Å². The number of nitrogens with zero attached hydrogens (tertiary/aromatic N) is 3. The Morgan fingerprint density at radius 3 is 2.49 bits per heavy atom. The molecule has 0 amide bonds.